The van der Waals surface area contributed by atoms with Crippen LogP contribution in [0.5, 0.6) is 0 Å². The Kier molecular flexibility index (Phi) is 6.91. The number of halogens is 1. The van der Waals surface area contributed by atoms with E-state index in [1.807, 2.05) is 32.0 Å². The molecule has 1 atom stereocenters. The van der Waals surface area contributed by atoms with Crippen molar-refractivity contribution in [1.82, 2.24) is 10.9 Å². The van der Waals surface area contributed by atoms with Crippen LogP contribution in [0.4, 0.5) is 5.69 Å². The summed E-state index contributed by atoms with van der Waals surface area (Å²) in [5.74, 6) is -2.71. The number of hydrogen-bond donors (Lipinski definition) is 2. The van der Waals surface area contributed by atoms with E-state index < -0.39 is 30.3 Å². The molecule has 31 heavy (non-hydrogen) atoms. The number of carbonyl (C=O) groups is 4. The summed E-state index contributed by atoms with van der Waals surface area (Å²) in [5, 5.41) is 0.481. The standard InChI is InChI=1S/C22H22ClN3O5/c1-13-4-3-5-18(14(13)2)26-11-16(10-20(26)28)22(30)31-12-19(27)24-25-21(29)15-6-8-17(23)9-7-15/h3-9,16H,10-12H2,1-2H3,(H,24,27)(H,25,29)/t16-/m0/s1. The molecule has 0 aliphatic carbocycles. The minimum absolute atomic E-state index is 0.0150. The zero-order valence-electron chi connectivity index (χ0n) is 17.1. The van der Waals surface area contributed by atoms with Gasteiger partial charge in [0, 0.05) is 29.2 Å². The first-order valence-corrected chi connectivity index (χ1v) is 10.0. The van der Waals surface area contributed by atoms with Gasteiger partial charge in [-0.1, -0.05) is 23.7 Å². The van der Waals surface area contributed by atoms with Crippen molar-refractivity contribution in [2.45, 2.75) is 20.3 Å². The van der Waals surface area contributed by atoms with E-state index in [1.54, 1.807) is 17.0 Å². The maximum absolute atomic E-state index is 12.4. The van der Waals surface area contributed by atoms with Crippen LogP contribution < -0.4 is 15.8 Å². The monoisotopic (exact) mass is 443 g/mol. The highest BCUT2D eigenvalue weighted by molar-refractivity contribution is 6.30. The number of anilines is 1. The van der Waals surface area contributed by atoms with Gasteiger partial charge in [0.2, 0.25) is 5.91 Å². The Labute approximate surface area is 184 Å². The van der Waals surface area contributed by atoms with Crippen molar-refractivity contribution in [2.24, 2.45) is 5.92 Å². The molecule has 0 spiro atoms. The zero-order chi connectivity index (χ0) is 22.5. The molecule has 3 rings (SSSR count). The molecule has 1 aliphatic heterocycles. The van der Waals surface area contributed by atoms with Crippen LogP contribution in [0.2, 0.25) is 5.02 Å². The number of nitrogens with one attached hydrogen (secondary N) is 2. The Bertz CT molecular complexity index is 1020. The van der Waals surface area contributed by atoms with Crippen LogP contribution in [-0.4, -0.2) is 36.8 Å². The fraction of sp³-hybridized carbons (Fsp3) is 0.273. The van der Waals surface area contributed by atoms with Crippen molar-refractivity contribution < 1.29 is 23.9 Å². The number of amides is 3. The van der Waals surface area contributed by atoms with Crippen molar-refractivity contribution in [1.29, 1.82) is 0 Å². The van der Waals surface area contributed by atoms with Crippen LogP contribution in [0, 0.1) is 19.8 Å². The second-order valence-electron chi connectivity index (χ2n) is 7.24. The van der Waals surface area contributed by atoms with Crippen LogP contribution in [0.25, 0.3) is 0 Å². The lowest BCUT2D eigenvalue weighted by molar-refractivity contribution is -0.152. The van der Waals surface area contributed by atoms with Crippen LogP contribution >= 0.6 is 11.6 Å². The summed E-state index contributed by atoms with van der Waals surface area (Å²) in [5.41, 5.74) is 7.49. The molecule has 0 radical (unpaired) electrons. The number of rotatable bonds is 5. The summed E-state index contributed by atoms with van der Waals surface area (Å²) in [6.45, 7) is 3.49. The number of hydrazine groups is 1. The summed E-state index contributed by atoms with van der Waals surface area (Å²) >= 11 is 5.76. The molecule has 2 aromatic rings. The SMILES string of the molecule is Cc1cccc(N2C[C@@H](C(=O)OCC(=O)NNC(=O)c3ccc(Cl)cc3)CC2=O)c1C. The topological polar surface area (TPSA) is 105 Å². The zero-order valence-corrected chi connectivity index (χ0v) is 17.9. The molecule has 162 valence electrons. The molecule has 0 bridgehead atoms. The summed E-state index contributed by atoms with van der Waals surface area (Å²) < 4.78 is 5.03. The molecule has 0 aromatic heterocycles. The Morgan fingerprint density at radius 2 is 1.81 bits per heavy atom. The van der Waals surface area contributed by atoms with Gasteiger partial charge in [-0.25, -0.2) is 0 Å². The number of aryl methyl sites for hydroxylation is 1. The lowest BCUT2D eigenvalue weighted by Crippen LogP contribution is -2.43. The minimum atomic E-state index is -0.702. The van der Waals surface area contributed by atoms with E-state index in [0.29, 0.717) is 10.6 Å². The lowest BCUT2D eigenvalue weighted by Gasteiger charge is -2.20. The molecule has 3 amide bonds. The normalized spacial score (nSPS) is 15.5. The Hall–Kier alpha value is -3.39. The maximum Gasteiger partial charge on any atom is 0.311 e. The molecular formula is C22H22ClN3O5. The van der Waals surface area contributed by atoms with E-state index in [-0.39, 0.29) is 18.9 Å². The quantitative estimate of drug-likeness (QED) is 0.545. The van der Waals surface area contributed by atoms with Crippen molar-refractivity contribution >= 4 is 41.0 Å². The van der Waals surface area contributed by atoms with E-state index in [9.17, 15) is 19.2 Å². The molecule has 2 N–H and O–H groups in total. The van der Waals surface area contributed by atoms with Gasteiger partial charge in [-0.05, 0) is 55.3 Å². The summed E-state index contributed by atoms with van der Waals surface area (Å²) in [6.07, 6.45) is 0.0150. The number of hydrogen-bond acceptors (Lipinski definition) is 5. The second kappa shape index (κ2) is 9.61. The van der Waals surface area contributed by atoms with Gasteiger partial charge in [0.25, 0.3) is 11.8 Å². The van der Waals surface area contributed by atoms with Gasteiger partial charge in [0.05, 0.1) is 5.92 Å². The van der Waals surface area contributed by atoms with E-state index in [2.05, 4.69) is 10.9 Å². The van der Waals surface area contributed by atoms with Crippen LogP contribution in [0.1, 0.15) is 27.9 Å². The molecular weight excluding hydrogens is 422 g/mol. The van der Waals surface area contributed by atoms with Gasteiger partial charge in [0.15, 0.2) is 6.61 Å². The number of ether oxygens (including phenoxy) is 1. The third kappa shape index (κ3) is 5.40. The fourth-order valence-corrected chi connectivity index (χ4v) is 3.34. The van der Waals surface area contributed by atoms with Gasteiger partial charge in [0.1, 0.15) is 0 Å². The van der Waals surface area contributed by atoms with E-state index >= 15 is 0 Å². The highest BCUT2D eigenvalue weighted by Gasteiger charge is 2.37. The molecule has 1 saturated heterocycles. The first-order chi connectivity index (χ1) is 14.8. The highest BCUT2D eigenvalue weighted by atomic mass is 35.5. The number of esters is 1. The largest absolute Gasteiger partial charge is 0.455 e. The molecule has 1 aliphatic rings. The minimum Gasteiger partial charge on any atom is -0.455 e. The lowest BCUT2D eigenvalue weighted by atomic mass is 10.1. The average molecular weight is 444 g/mol. The summed E-state index contributed by atoms with van der Waals surface area (Å²) in [6, 6.07) is 11.7. The van der Waals surface area contributed by atoms with Crippen molar-refractivity contribution in [3.05, 3.63) is 64.2 Å². The smallest absolute Gasteiger partial charge is 0.311 e. The molecule has 1 heterocycles. The number of carbonyl (C=O) groups excluding carboxylic acids is 4. The first kappa shape index (κ1) is 22.3. The van der Waals surface area contributed by atoms with Gasteiger partial charge in [-0.15, -0.1) is 0 Å². The van der Waals surface area contributed by atoms with Gasteiger partial charge < -0.3 is 9.64 Å². The van der Waals surface area contributed by atoms with Crippen molar-refractivity contribution in [3.63, 3.8) is 0 Å². The molecule has 1 fully saturated rings. The van der Waals surface area contributed by atoms with Crippen LogP contribution in [0.3, 0.4) is 0 Å². The van der Waals surface area contributed by atoms with Crippen LogP contribution in [0.15, 0.2) is 42.5 Å². The number of nitrogens with zero attached hydrogens (tertiary/aromatic N) is 1. The third-order valence-corrected chi connectivity index (χ3v) is 5.34. The Balaban J connectivity index is 1.47. The molecule has 9 heteroatoms. The number of benzene rings is 2. The second-order valence-corrected chi connectivity index (χ2v) is 7.68. The maximum atomic E-state index is 12.4. The first-order valence-electron chi connectivity index (χ1n) is 9.64. The van der Waals surface area contributed by atoms with Crippen molar-refractivity contribution in [2.75, 3.05) is 18.1 Å². The van der Waals surface area contributed by atoms with E-state index in [1.165, 1.54) is 12.1 Å². The predicted molar refractivity (Wildman–Crippen MR) is 114 cm³/mol. The van der Waals surface area contributed by atoms with Gasteiger partial charge >= 0.3 is 5.97 Å². The van der Waals surface area contributed by atoms with Gasteiger partial charge in [-0.3, -0.25) is 30.0 Å². The summed E-state index contributed by atoms with van der Waals surface area (Å²) in [7, 11) is 0. The molecule has 0 saturated carbocycles. The van der Waals surface area contributed by atoms with Gasteiger partial charge in [-0.2, -0.15) is 0 Å². The molecule has 2 aromatic carbocycles. The summed E-state index contributed by atoms with van der Waals surface area (Å²) in [4.78, 5) is 50.1. The fourth-order valence-electron chi connectivity index (χ4n) is 3.22. The van der Waals surface area contributed by atoms with E-state index in [4.69, 9.17) is 16.3 Å². The van der Waals surface area contributed by atoms with E-state index in [0.717, 1.165) is 16.8 Å². The molecule has 0 unspecified atom stereocenters. The Morgan fingerprint density at radius 3 is 2.52 bits per heavy atom. The van der Waals surface area contributed by atoms with Crippen molar-refractivity contribution in [3.8, 4) is 0 Å². The Morgan fingerprint density at radius 1 is 1.10 bits per heavy atom. The highest BCUT2D eigenvalue weighted by Crippen LogP contribution is 2.29. The van der Waals surface area contributed by atoms with Crippen LogP contribution in [-0.2, 0) is 19.1 Å². The average Bonchev–Trinajstić information content (AvgIpc) is 3.14. The third-order valence-electron chi connectivity index (χ3n) is 5.09. The predicted octanol–water partition coefficient (Wildman–Crippen LogP) is 2.31. The molecule has 8 nitrogen and oxygen atoms in total.